The van der Waals surface area contributed by atoms with E-state index < -0.39 is 35.6 Å². The number of carbonyl (C=O) groups is 3. The SMILES string of the molecule is CC[C@H](C)[C@H](CO)N1C(=O)[C@@H]2[C@H](C(=O)NCc3ccccc3)[C@@H]3CCC2(O3)C1C(=O)Nc1cc(C)ccc1C. The predicted molar refractivity (Wildman–Crippen MR) is 148 cm³/mol. The standard InChI is InChI=1S/C31H39N3O5/c1-5-19(3)23(17-35)34-27(29(37)33-22-15-18(2)11-12-20(22)4)31-14-13-24(39-31)25(26(31)30(34)38)28(36)32-16-21-9-7-6-8-10-21/h6-12,15,19,23-27,35H,5,13-14,16-17H2,1-4H3,(H,32,36)(H,33,37)/t19-,23-,24-,25+,26-,27?,31?/m0/s1. The summed E-state index contributed by atoms with van der Waals surface area (Å²) in [4.78, 5) is 43.5. The maximum Gasteiger partial charge on any atom is 0.250 e. The van der Waals surface area contributed by atoms with E-state index in [1.165, 1.54) is 0 Å². The maximum atomic E-state index is 14.2. The molecule has 3 aliphatic rings. The fourth-order valence-corrected chi connectivity index (χ4v) is 6.84. The Morgan fingerprint density at radius 2 is 1.90 bits per heavy atom. The van der Waals surface area contributed by atoms with Gasteiger partial charge in [0.05, 0.1) is 30.6 Å². The highest BCUT2D eigenvalue weighted by Gasteiger charge is 2.75. The fraction of sp³-hybridized carbons (Fsp3) is 0.516. The summed E-state index contributed by atoms with van der Waals surface area (Å²) in [5.41, 5.74) is 2.45. The van der Waals surface area contributed by atoms with Gasteiger partial charge in [0.2, 0.25) is 17.7 Å². The molecule has 39 heavy (non-hydrogen) atoms. The Bertz CT molecular complexity index is 1250. The summed E-state index contributed by atoms with van der Waals surface area (Å²) in [6.45, 7) is 7.94. The van der Waals surface area contributed by atoms with Crippen LogP contribution in [0.5, 0.6) is 0 Å². The summed E-state index contributed by atoms with van der Waals surface area (Å²) >= 11 is 0. The van der Waals surface area contributed by atoms with Gasteiger partial charge in [-0.25, -0.2) is 0 Å². The summed E-state index contributed by atoms with van der Waals surface area (Å²) in [5, 5.41) is 16.5. The van der Waals surface area contributed by atoms with E-state index in [4.69, 9.17) is 4.74 Å². The van der Waals surface area contributed by atoms with Gasteiger partial charge in [-0.3, -0.25) is 14.4 Å². The molecule has 7 atom stereocenters. The molecule has 2 unspecified atom stereocenters. The van der Waals surface area contributed by atoms with Crippen molar-refractivity contribution in [2.24, 2.45) is 17.8 Å². The maximum absolute atomic E-state index is 14.2. The van der Waals surface area contributed by atoms with Crippen LogP contribution in [0.4, 0.5) is 5.69 Å². The number of anilines is 1. The van der Waals surface area contributed by atoms with E-state index in [0.29, 0.717) is 25.1 Å². The lowest BCUT2D eigenvalue weighted by Crippen LogP contribution is -2.57. The van der Waals surface area contributed by atoms with Gasteiger partial charge in [-0.05, 0) is 55.4 Å². The van der Waals surface area contributed by atoms with Crippen molar-refractivity contribution >= 4 is 23.4 Å². The van der Waals surface area contributed by atoms with Crippen LogP contribution >= 0.6 is 0 Å². The molecule has 1 spiro atoms. The molecule has 3 N–H and O–H groups in total. The van der Waals surface area contributed by atoms with E-state index in [2.05, 4.69) is 10.6 Å². The second-order valence-electron chi connectivity index (χ2n) is 11.4. The Morgan fingerprint density at radius 1 is 1.15 bits per heavy atom. The molecular formula is C31H39N3O5. The van der Waals surface area contributed by atoms with Crippen LogP contribution in [0.25, 0.3) is 0 Å². The number of aliphatic hydroxyl groups excluding tert-OH is 1. The third-order valence-corrected chi connectivity index (χ3v) is 9.09. The second kappa shape index (κ2) is 10.7. The van der Waals surface area contributed by atoms with Gasteiger partial charge in [-0.1, -0.05) is 62.7 Å². The molecule has 3 fully saturated rings. The molecule has 3 saturated heterocycles. The normalized spacial score (nSPS) is 28.7. The van der Waals surface area contributed by atoms with Crippen LogP contribution in [0.3, 0.4) is 0 Å². The number of rotatable bonds is 9. The lowest BCUT2D eigenvalue weighted by atomic mass is 9.70. The van der Waals surface area contributed by atoms with Crippen molar-refractivity contribution in [3.05, 3.63) is 65.2 Å². The van der Waals surface area contributed by atoms with Crippen LogP contribution in [-0.4, -0.2) is 58.1 Å². The third-order valence-electron chi connectivity index (χ3n) is 9.09. The minimum atomic E-state index is -1.11. The molecule has 3 aliphatic heterocycles. The Balaban J connectivity index is 1.49. The molecule has 0 saturated carbocycles. The molecule has 5 rings (SSSR count). The number of benzene rings is 2. The fourth-order valence-electron chi connectivity index (χ4n) is 6.84. The van der Waals surface area contributed by atoms with Crippen LogP contribution in [0, 0.1) is 31.6 Å². The third kappa shape index (κ3) is 4.63. The van der Waals surface area contributed by atoms with Gasteiger partial charge >= 0.3 is 0 Å². The molecule has 3 heterocycles. The second-order valence-corrected chi connectivity index (χ2v) is 11.4. The monoisotopic (exact) mass is 533 g/mol. The summed E-state index contributed by atoms with van der Waals surface area (Å²) in [5.74, 6) is -2.37. The molecule has 8 nitrogen and oxygen atoms in total. The average molecular weight is 534 g/mol. The Kier molecular flexibility index (Phi) is 7.53. The molecule has 8 heteroatoms. The molecule has 0 aliphatic carbocycles. The summed E-state index contributed by atoms with van der Waals surface area (Å²) in [6.07, 6.45) is 1.41. The van der Waals surface area contributed by atoms with Crippen LogP contribution in [0.15, 0.2) is 48.5 Å². The van der Waals surface area contributed by atoms with Crippen LogP contribution < -0.4 is 10.6 Å². The van der Waals surface area contributed by atoms with E-state index in [9.17, 15) is 19.5 Å². The quantitative estimate of drug-likeness (QED) is 0.458. The highest BCUT2D eigenvalue weighted by atomic mass is 16.5. The van der Waals surface area contributed by atoms with Crippen molar-refractivity contribution in [3.63, 3.8) is 0 Å². The first kappa shape index (κ1) is 27.3. The number of aliphatic hydroxyl groups is 1. The molecule has 208 valence electrons. The van der Waals surface area contributed by atoms with E-state index in [1.807, 2.05) is 76.2 Å². The van der Waals surface area contributed by atoms with E-state index in [1.54, 1.807) is 4.90 Å². The topological polar surface area (TPSA) is 108 Å². The first-order valence-corrected chi connectivity index (χ1v) is 14.0. The van der Waals surface area contributed by atoms with Crippen molar-refractivity contribution in [1.29, 1.82) is 0 Å². The van der Waals surface area contributed by atoms with Crippen LogP contribution in [0.2, 0.25) is 0 Å². The number of likely N-dealkylation sites (tertiary alicyclic amines) is 1. The van der Waals surface area contributed by atoms with Crippen LogP contribution in [-0.2, 0) is 25.7 Å². The highest BCUT2D eigenvalue weighted by Crippen LogP contribution is 2.59. The number of fused-ring (bicyclic) bond motifs is 1. The Labute approximate surface area is 230 Å². The van der Waals surface area contributed by atoms with Gasteiger partial charge < -0.3 is 25.4 Å². The van der Waals surface area contributed by atoms with E-state index in [0.717, 1.165) is 23.1 Å². The van der Waals surface area contributed by atoms with Gasteiger partial charge in [0.1, 0.15) is 11.6 Å². The first-order chi connectivity index (χ1) is 18.7. The van der Waals surface area contributed by atoms with E-state index in [-0.39, 0.29) is 30.2 Å². The lowest BCUT2D eigenvalue weighted by Gasteiger charge is -2.38. The molecule has 3 amide bonds. The first-order valence-electron chi connectivity index (χ1n) is 14.0. The minimum absolute atomic E-state index is 0.0484. The van der Waals surface area contributed by atoms with Crippen molar-refractivity contribution in [3.8, 4) is 0 Å². The zero-order valence-electron chi connectivity index (χ0n) is 23.1. The molecular weight excluding hydrogens is 494 g/mol. The number of carbonyl (C=O) groups excluding carboxylic acids is 3. The largest absolute Gasteiger partial charge is 0.394 e. The Hall–Kier alpha value is -3.23. The number of nitrogens with one attached hydrogen (secondary N) is 2. The summed E-state index contributed by atoms with van der Waals surface area (Å²) in [7, 11) is 0. The number of hydrogen-bond acceptors (Lipinski definition) is 5. The molecule has 2 aromatic carbocycles. The van der Waals surface area contributed by atoms with Gasteiger partial charge in [0.25, 0.3) is 0 Å². The number of ether oxygens (including phenoxy) is 1. The molecule has 0 aromatic heterocycles. The predicted octanol–water partition coefficient (Wildman–Crippen LogP) is 3.34. The zero-order chi connectivity index (χ0) is 27.9. The minimum Gasteiger partial charge on any atom is -0.394 e. The van der Waals surface area contributed by atoms with Gasteiger partial charge in [0, 0.05) is 12.2 Å². The van der Waals surface area contributed by atoms with Crippen molar-refractivity contribution in [2.45, 2.75) is 77.3 Å². The number of aryl methyl sites for hydroxylation is 2. The van der Waals surface area contributed by atoms with Crippen LogP contribution in [0.1, 0.15) is 49.8 Å². The van der Waals surface area contributed by atoms with Crippen molar-refractivity contribution in [1.82, 2.24) is 10.2 Å². The molecule has 2 aromatic rings. The number of hydrogen-bond donors (Lipinski definition) is 3. The van der Waals surface area contributed by atoms with Gasteiger partial charge in [-0.15, -0.1) is 0 Å². The zero-order valence-corrected chi connectivity index (χ0v) is 23.1. The van der Waals surface area contributed by atoms with Crippen molar-refractivity contribution in [2.75, 3.05) is 11.9 Å². The Morgan fingerprint density at radius 3 is 2.59 bits per heavy atom. The van der Waals surface area contributed by atoms with Gasteiger partial charge in [0.15, 0.2) is 0 Å². The summed E-state index contributed by atoms with van der Waals surface area (Å²) < 4.78 is 6.54. The average Bonchev–Trinajstić information content (AvgIpc) is 3.58. The number of amides is 3. The smallest absolute Gasteiger partial charge is 0.250 e. The van der Waals surface area contributed by atoms with Gasteiger partial charge in [-0.2, -0.15) is 0 Å². The molecule has 2 bridgehead atoms. The van der Waals surface area contributed by atoms with Crippen molar-refractivity contribution < 1.29 is 24.2 Å². The highest BCUT2D eigenvalue weighted by molar-refractivity contribution is 6.04. The van der Waals surface area contributed by atoms with E-state index >= 15 is 0 Å². The molecule has 0 radical (unpaired) electrons. The number of nitrogens with zero attached hydrogens (tertiary/aromatic N) is 1. The summed E-state index contributed by atoms with van der Waals surface area (Å²) in [6, 6.07) is 14.0. The lowest BCUT2D eigenvalue weighted by molar-refractivity contribution is -0.145.